The van der Waals surface area contributed by atoms with Crippen LogP contribution >= 0.6 is 34.9 Å². The van der Waals surface area contributed by atoms with Gasteiger partial charge in [-0.15, -0.1) is 23.1 Å². The van der Waals surface area contributed by atoms with Crippen LogP contribution in [0.2, 0.25) is 0 Å². The zero-order valence-electron chi connectivity index (χ0n) is 15.0. The molecule has 0 spiro atoms. The molecule has 5 N–H and O–H groups in total. The predicted molar refractivity (Wildman–Crippen MR) is 111 cm³/mol. The van der Waals surface area contributed by atoms with E-state index in [2.05, 4.69) is 15.5 Å². The number of aromatic nitrogens is 1. The number of hydrogen-bond acceptors (Lipinski definition) is 11. The third-order valence-corrected chi connectivity index (χ3v) is 7.11. The number of carbonyl (C=O) groups excluding carboxylic acids is 2. The summed E-state index contributed by atoms with van der Waals surface area (Å²) in [4.78, 5) is 42.3. The summed E-state index contributed by atoms with van der Waals surface area (Å²) in [5.41, 5.74) is 5.03. The standard InChI is InChI=1S/C16H14N6O5S3/c17-3-1-2-4-28-8-6-29-14-10(13(24)22(14)11(8)15(25)26)20-12(23)9(21-27)7-5-30-16(18)19-7/h2,4-5,10,14,27H,1,6H2,(H2,18,19)(H,20,23)(H,25,26)/b4-2-,21-9-/t10?,14-/m1/s1. The zero-order chi connectivity index (χ0) is 21.8. The van der Waals surface area contributed by atoms with E-state index in [1.807, 2.05) is 6.07 Å². The fraction of sp³-hybridized carbons (Fsp3) is 0.250. The van der Waals surface area contributed by atoms with Crippen LogP contribution < -0.4 is 11.1 Å². The first-order chi connectivity index (χ1) is 14.4. The number of nitrogens with one attached hydrogen (secondary N) is 1. The molecule has 0 aromatic carbocycles. The number of β-lactam (4-membered cyclic amide) rings is 1. The maximum atomic E-state index is 12.6. The van der Waals surface area contributed by atoms with Crippen LogP contribution in [0.5, 0.6) is 0 Å². The maximum Gasteiger partial charge on any atom is 0.353 e. The summed E-state index contributed by atoms with van der Waals surface area (Å²) in [6.45, 7) is 0. The summed E-state index contributed by atoms with van der Waals surface area (Å²) in [7, 11) is 0. The molecule has 2 amide bonds. The molecule has 0 radical (unpaired) electrons. The smallest absolute Gasteiger partial charge is 0.353 e. The van der Waals surface area contributed by atoms with Crippen molar-refractivity contribution in [1.29, 1.82) is 5.26 Å². The van der Waals surface area contributed by atoms with Gasteiger partial charge in [-0.25, -0.2) is 9.78 Å². The first kappa shape index (κ1) is 21.7. The molecule has 1 saturated heterocycles. The molecule has 0 saturated carbocycles. The number of carboxylic acids is 1. The van der Waals surface area contributed by atoms with Crippen molar-refractivity contribution < 1.29 is 24.7 Å². The number of nitrogens with two attached hydrogens (primary N) is 1. The molecule has 14 heteroatoms. The van der Waals surface area contributed by atoms with E-state index in [0.717, 1.165) is 28.0 Å². The second kappa shape index (κ2) is 9.20. The number of allylic oxidation sites excluding steroid dienone is 1. The van der Waals surface area contributed by atoms with E-state index in [4.69, 9.17) is 16.2 Å². The largest absolute Gasteiger partial charge is 0.477 e. The number of thiazole rings is 1. The molecular weight excluding hydrogens is 452 g/mol. The molecule has 3 rings (SSSR count). The molecule has 1 fully saturated rings. The lowest BCUT2D eigenvalue weighted by molar-refractivity contribution is -0.150. The number of nitrogens with zero attached hydrogens (tertiary/aromatic N) is 4. The molecular formula is C16H14N6O5S3. The van der Waals surface area contributed by atoms with E-state index < -0.39 is 34.9 Å². The summed E-state index contributed by atoms with van der Waals surface area (Å²) in [6, 6.07) is 0.963. The highest BCUT2D eigenvalue weighted by molar-refractivity contribution is 8.08. The molecule has 2 aliphatic rings. The monoisotopic (exact) mass is 466 g/mol. The highest BCUT2D eigenvalue weighted by atomic mass is 32.2. The van der Waals surface area contributed by atoms with Crippen LogP contribution in [-0.2, 0) is 14.4 Å². The van der Waals surface area contributed by atoms with E-state index in [-0.39, 0.29) is 22.9 Å². The number of nitrogen functional groups attached to an aromatic ring is 1. The summed E-state index contributed by atoms with van der Waals surface area (Å²) in [5, 5.41) is 35.3. The Morgan fingerprint density at radius 2 is 2.33 bits per heavy atom. The molecule has 30 heavy (non-hydrogen) atoms. The SMILES string of the molecule is N#CC/C=C\SC1=C(C(=O)O)N2C(=O)C(NC(=O)/C(=N\O)c3csc(N)n3)[C@H]2SC1. The Hall–Kier alpha value is -3.02. The van der Waals surface area contributed by atoms with Crippen LogP contribution in [0.25, 0.3) is 0 Å². The number of anilines is 1. The first-order valence-electron chi connectivity index (χ1n) is 8.23. The predicted octanol–water partition coefficient (Wildman–Crippen LogP) is 0.760. The lowest BCUT2D eigenvalue weighted by Gasteiger charge is -2.49. The minimum absolute atomic E-state index is 0.0615. The van der Waals surface area contributed by atoms with Gasteiger partial charge in [0.2, 0.25) is 0 Å². The number of hydrogen-bond donors (Lipinski definition) is 4. The number of nitriles is 1. The lowest BCUT2D eigenvalue weighted by Crippen LogP contribution is -2.71. The second-order valence-electron chi connectivity index (χ2n) is 5.81. The van der Waals surface area contributed by atoms with Gasteiger partial charge in [-0.05, 0) is 5.41 Å². The number of carboxylic acid groups (broad SMARTS) is 1. The summed E-state index contributed by atoms with van der Waals surface area (Å²) in [6.07, 6.45) is 1.78. The van der Waals surface area contributed by atoms with E-state index in [0.29, 0.717) is 10.7 Å². The van der Waals surface area contributed by atoms with Crippen molar-refractivity contribution in [3.05, 3.63) is 33.2 Å². The van der Waals surface area contributed by atoms with E-state index >= 15 is 0 Å². The van der Waals surface area contributed by atoms with Crippen LogP contribution in [0.1, 0.15) is 12.1 Å². The van der Waals surface area contributed by atoms with Gasteiger partial charge in [0.25, 0.3) is 11.8 Å². The van der Waals surface area contributed by atoms with Gasteiger partial charge in [0.15, 0.2) is 10.8 Å². The third kappa shape index (κ3) is 4.13. The molecule has 11 nitrogen and oxygen atoms in total. The van der Waals surface area contributed by atoms with Crippen molar-refractivity contribution in [3.63, 3.8) is 0 Å². The number of aliphatic carboxylic acids is 1. The van der Waals surface area contributed by atoms with Gasteiger partial charge >= 0.3 is 5.97 Å². The van der Waals surface area contributed by atoms with E-state index in [9.17, 15) is 19.5 Å². The Labute approximate surface area is 182 Å². The van der Waals surface area contributed by atoms with Gasteiger partial charge in [0.1, 0.15) is 22.8 Å². The Morgan fingerprint density at radius 1 is 1.57 bits per heavy atom. The second-order valence-corrected chi connectivity index (χ2v) is 8.80. The van der Waals surface area contributed by atoms with Crippen molar-refractivity contribution in [1.82, 2.24) is 15.2 Å². The van der Waals surface area contributed by atoms with Gasteiger partial charge in [-0.1, -0.05) is 23.0 Å². The zero-order valence-corrected chi connectivity index (χ0v) is 17.5. The summed E-state index contributed by atoms with van der Waals surface area (Å²) in [5.74, 6) is -2.37. The number of amides is 2. The molecule has 1 aromatic rings. The van der Waals surface area contributed by atoms with Crippen LogP contribution in [0, 0.1) is 11.3 Å². The van der Waals surface area contributed by atoms with E-state index in [1.54, 1.807) is 11.5 Å². The Balaban J connectivity index is 1.74. The van der Waals surface area contributed by atoms with Crippen LogP contribution in [0.3, 0.4) is 0 Å². The van der Waals surface area contributed by atoms with Crippen molar-refractivity contribution in [2.45, 2.75) is 17.8 Å². The Morgan fingerprint density at radius 3 is 2.93 bits per heavy atom. The molecule has 156 valence electrons. The minimum atomic E-state index is -1.26. The maximum absolute atomic E-state index is 12.6. The first-order valence-corrected chi connectivity index (χ1v) is 11.0. The quantitative estimate of drug-likeness (QED) is 0.194. The lowest BCUT2D eigenvalue weighted by atomic mass is 10.0. The molecule has 0 bridgehead atoms. The van der Waals surface area contributed by atoms with Gasteiger partial charge in [0.05, 0.1) is 12.5 Å². The van der Waals surface area contributed by atoms with Crippen LogP contribution in [0.4, 0.5) is 5.13 Å². The van der Waals surface area contributed by atoms with Crippen LogP contribution in [-0.4, -0.2) is 60.9 Å². The summed E-state index contributed by atoms with van der Waals surface area (Å²) < 4.78 is 0. The van der Waals surface area contributed by atoms with Crippen molar-refractivity contribution >= 4 is 63.5 Å². The fourth-order valence-electron chi connectivity index (χ4n) is 2.73. The number of rotatable bonds is 7. The number of carbonyl (C=O) groups is 3. The van der Waals surface area contributed by atoms with Crippen LogP contribution in [0.15, 0.2) is 32.6 Å². The highest BCUT2D eigenvalue weighted by Gasteiger charge is 2.54. The van der Waals surface area contributed by atoms with Crippen molar-refractivity contribution in [2.24, 2.45) is 5.16 Å². The van der Waals surface area contributed by atoms with Gasteiger partial charge in [-0.2, -0.15) is 5.26 Å². The van der Waals surface area contributed by atoms with Gasteiger partial charge in [-0.3, -0.25) is 14.5 Å². The average molecular weight is 467 g/mol. The topological polar surface area (TPSA) is 182 Å². The van der Waals surface area contributed by atoms with Crippen molar-refractivity contribution in [2.75, 3.05) is 11.5 Å². The molecule has 1 aromatic heterocycles. The number of oxime groups is 1. The molecule has 3 heterocycles. The fourth-order valence-corrected chi connectivity index (χ4v) is 5.60. The average Bonchev–Trinajstić information content (AvgIpc) is 3.15. The normalized spacial score (nSPS) is 21.2. The minimum Gasteiger partial charge on any atom is -0.477 e. The molecule has 1 unspecified atom stereocenters. The van der Waals surface area contributed by atoms with Gasteiger partial charge < -0.3 is 21.4 Å². The third-order valence-electron chi connectivity index (χ3n) is 4.02. The Bertz CT molecular complexity index is 1030. The van der Waals surface area contributed by atoms with Crippen molar-refractivity contribution in [3.8, 4) is 6.07 Å². The number of thioether (sulfide) groups is 2. The molecule has 0 aliphatic carbocycles. The molecule has 2 aliphatic heterocycles. The molecule has 2 atom stereocenters. The van der Waals surface area contributed by atoms with E-state index in [1.165, 1.54) is 17.1 Å². The Kier molecular flexibility index (Phi) is 6.65. The summed E-state index contributed by atoms with van der Waals surface area (Å²) >= 11 is 3.48. The highest BCUT2D eigenvalue weighted by Crippen LogP contribution is 2.43. The van der Waals surface area contributed by atoms with Gasteiger partial charge in [0, 0.05) is 16.0 Å². The number of fused-ring (bicyclic) bond motifs is 1.